The van der Waals surface area contributed by atoms with Crippen molar-refractivity contribution >= 4 is 22.8 Å². The highest BCUT2D eigenvalue weighted by molar-refractivity contribution is 9.36. The van der Waals surface area contributed by atoms with Crippen LogP contribution in [0.2, 0.25) is 0 Å². The summed E-state index contributed by atoms with van der Waals surface area (Å²) < 4.78 is 11.2. The van der Waals surface area contributed by atoms with Crippen molar-refractivity contribution < 1.29 is 4.39 Å². The van der Waals surface area contributed by atoms with Gasteiger partial charge in [-0.2, -0.15) is 0 Å². The Morgan fingerprint density at radius 1 is 1.67 bits per heavy atom. The molecule has 0 nitrogen and oxygen atoms in total. The fourth-order valence-electron chi connectivity index (χ4n) is 0.134. The lowest BCUT2D eigenvalue weighted by Gasteiger charge is -1.83. The molecule has 0 fully saturated rings. The van der Waals surface area contributed by atoms with Gasteiger partial charge in [-0.15, -0.1) is 0 Å². The van der Waals surface area contributed by atoms with E-state index in [2.05, 4.69) is 15.5 Å². The van der Waals surface area contributed by atoms with Gasteiger partial charge in [-0.3, -0.25) is 4.39 Å². The standard InChI is InChI=1S/C3H7BrFP/c4-6-3-1-2-5/h6H,1-3H2. The Balaban J connectivity index is 2.34. The van der Waals surface area contributed by atoms with Crippen LogP contribution in [-0.4, -0.2) is 12.8 Å². The van der Waals surface area contributed by atoms with Crippen LogP contribution in [0, 0.1) is 0 Å². The largest absolute Gasteiger partial charge is 0.251 e. The van der Waals surface area contributed by atoms with Crippen molar-refractivity contribution in [2.75, 3.05) is 12.8 Å². The van der Waals surface area contributed by atoms with Crippen LogP contribution in [0.1, 0.15) is 6.42 Å². The van der Waals surface area contributed by atoms with E-state index in [4.69, 9.17) is 0 Å². The predicted molar refractivity (Wildman–Crippen MR) is 32.7 cm³/mol. The summed E-state index contributed by atoms with van der Waals surface area (Å²) in [5.74, 6) is 0. The molecule has 0 aliphatic heterocycles. The van der Waals surface area contributed by atoms with Gasteiger partial charge < -0.3 is 0 Å². The lowest BCUT2D eigenvalue weighted by atomic mass is 10.6. The van der Waals surface area contributed by atoms with Crippen molar-refractivity contribution in [1.29, 1.82) is 0 Å². The van der Waals surface area contributed by atoms with Crippen molar-refractivity contribution in [2.45, 2.75) is 6.42 Å². The first-order valence-electron chi connectivity index (χ1n) is 1.81. The Bertz CT molecular complexity index is 22.8. The fourth-order valence-corrected chi connectivity index (χ4v) is 1.24. The van der Waals surface area contributed by atoms with Gasteiger partial charge in [0.2, 0.25) is 0 Å². The molecule has 3 heteroatoms. The first-order valence-corrected chi connectivity index (χ1v) is 5.27. The molecule has 6 heavy (non-hydrogen) atoms. The van der Waals surface area contributed by atoms with Gasteiger partial charge >= 0.3 is 0 Å². The average molecular weight is 173 g/mol. The van der Waals surface area contributed by atoms with Crippen LogP contribution in [0.5, 0.6) is 0 Å². The maximum Gasteiger partial charge on any atom is 0.0898 e. The molecule has 0 rings (SSSR count). The topological polar surface area (TPSA) is 0 Å². The van der Waals surface area contributed by atoms with E-state index in [1.807, 2.05) is 0 Å². The first-order chi connectivity index (χ1) is 2.91. The molecule has 0 heterocycles. The second-order valence-electron chi connectivity index (χ2n) is 0.926. The van der Waals surface area contributed by atoms with Crippen molar-refractivity contribution in [1.82, 2.24) is 0 Å². The van der Waals surface area contributed by atoms with E-state index < -0.39 is 0 Å². The van der Waals surface area contributed by atoms with Gasteiger partial charge in [0, 0.05) is 0 Å². The highest BCUT2D eigenvalue weighted by atomic mass is 79.9. The number of hydrogen-bond donors (Lipinski definition) is 0. The third kappa shape index (κ3) is 4.84. The van der Waals surface area contributed by atoms with Gasteiger partial charge in [0.05, 0.1) is 6.67 Å². The molecule has 0 bridgehead atoms. The SMILES string of the molecule is FCCCPBr. The van der Waals surface area contributed by atoms with Gasteiger partial charge in [0.1, 0.15) is 0 Å². The van der Waals surface area contributed by atoms with Crippen LogP contribution in [-0.2, 0) is 0 Å². The van der Waals surface area contributed by atoms with Gasteiger partial charge in [0.25, 0.3) is 0 Å². The van der Waals surface area contributed by atoms with Crippen LogP contribution >= 0.6 is 22.8 Å². The van der Waals surface area contributed by atoms with Crippen LogP contribution in [0.25, 0.3) is 0 Å². The predicted octanol–water partition coefficient (Wildman–Crippen LogP) is 2.33. The van der Waals surface area contributed by atoms with Crippen LogP contribution in [0.3, 0.4) is 0 Å². The van der Waals surface area contributed by atoms with Crippen molar-refractivity contribution in [3.63, 3.8) is 0 Å². The third-order valence-electron chi connectivity index (χ3n) is 0.405. The maximum absolute atomic E-state index is 11.2. The molecular weight excluding hydrogens is 166 g/mol. The molecule has 0 aromatic carbocycles. The number of alkyl halides is 1. The van der Waals surface area contributed by atoms with E-state index in [0.717, 1.165) is 13.4 Å². The molecule has 0 aliphatic carbocycles. The van der Waals surface area contributed by atoms with E-state index in [0.29, 0.717) is 6.42 Å². The molecule has 0 aromatic heterocycles. The monoisotopic (exact) mass is 172 g/mol. The van der Waals surface area contributed by atoms with Crippen LogP contribution < -0.4 is 0 Å². The summed E-state index contributed by atoms with van der Waals surface area (Å²) in [6.07, 6.45) is 1.69. The Kier molecular flexibility index (Phi) is 6.66. The third-order valence-corrected chi connectivity index (χ3v) is 2.14. The smallest absolute Gasteiger partial charge is 0.0898 e. The van der Waals surface area contributed by atoms with Crippen LogP contribution in [0.4, 0.5) is 4.39 Å². The Hall–Kier alpha value is 0.840. The van der Waals surface area contributed by atoms with Gasteiger partial charge in [-0.1, -0.05) is 22.8 Å². The molecule has 1 atom stereocenters. The molecular formula is C3H7BrFP. The summed E-state index contributed by atoms with van der Waals surface area (Å²) in [6, 6.07) is 0. The Morgan fingerprint density at radius 2 is 2.33 bits per heavy atom. The summed E-state index contributed by atoms with van der Waals surface area (Å²) >= 11 is 3.21. The Labute approximate surface area is 47.0 Å². The van der Waals surface area contributed by atoms with Crippen molar-refractivity contribution in [3.8, 4) is 0 Å². The summed E-state index contributed by atoms with van der Waals surface area (Å²) in [5.41, 5.74) is 0. The van der Waals surface area contributed by atoms with Gasteiger partial charge in [-0.05, 0) is 12.6 Å². The van der Waals surface area contributed by atoms with E-state index in [1.54, 1.807) is 0 Å². The van der Waals surface area contributed by atoms with E-state index in [1.165, 1.54) is 0 Å². The van der Waals surface area contributed by atoms with E-state index in [-0.39, 0.29) is 6.67 Å². The number of rotatable bonds is 3. The molecule has 0 aromatic rings. The van der Waals surface area contributed by atoms with Crippen LogP contribution in [0.15, 0.2) is 0 Å². The molecule has 38 valence electrons. The van der Waals surface area contributed by atoms with Crippen molar-refractivity contribution in [3.05, 3.63) is 0 Å². The zero-order valence-corrected chi connectivity index (χ0v) is 5.96. The summed E-state index contributed by atoms with van der Waals surface area (Å²) in [4.78, 5) is 0. The minimum atomic E-state index is -0.168. The summed E-state index contributed by atoms with van der Waals surface area (Å²) in [7, 11) is 0.737. The molecule has 0 N–H and O–H groups in total. The minimum Gasteiger partial charge on any atom is -0.251 e. The zero-order chi connectivity index (χ0) is 4.83. The normalized spacial score (nSPS) is 11.0. The van der Waals surface area contributed by atoms with Gasteiger partial charge in [-0.25, -0.2) is 0 Å². The molecule has 0 aliphatic rings. The second-order valence-corrected chi connectivity index (χ2v) is 3.38. The lowest BCUT2D eigenvalue weighted by molar-refractivity contribution is 0.489. The summed E-state index contributed by atoms with van der Waals surface area (Å²) in [6.45, 7) is -0.168. The van der Waals surface area contributed by atoms with E-state index >= 15 is 0 Å². The van der Waals surface area contributed by atoms with Gasteiger partial charge in [0.15, 0.2) is 0 Å². The molecule has 0 spiro atoms. The lowest BCUT2D eigenvalue weighted by Crippen LogP contribution is -1.73. The second kappa shape index (κ2) is 5.84. The quantitative estimate of drug-likeness (QED) is 0.453. The maximum atomic E-state index is 11.2. The summed E-state index contributed by atoms with van der Waals surface area (Å²) in [5, 5.41) is 0. The molecule has 0 amide bonds. The highest BCUT2D eigenvalue weighted by Gasteiger charge is 1.79. The minimum absolute atomic E-state index is 0.168. The molecule has 1 unspecified atom stereocenters. The van der Waals surface area contributed by atoms with E-state index in [9.17, 15) is 4.39 Å². The van der Waals surface area contributed by atoms with Crippen molar-refractivity contribution in [2.24, 2.45) is 0 Å². The zero-order valence-electron chi connectivity index (χ0n) is 3.38. The highest BCUT2D eigenvalue weighted by Crippen LogP contribution is 2.19. The average Bonchev–Trinajstić information content (AvgIpc) is 1.61. The Morgan fingerprint density at radius 3 is 2.50 bits per heavy atom. The number of halogens is 2. The molecule has 0 radical (unpaired) electrons. The molecule has 0 saturated heterocycles. The number of hydrogen-bond acceptors (Lipinski definition) is 0. The molecule has 0 saturated carbocycles. The first kappa shape index (κ1) is 6.84. The fraction of sp³-hybridized carbons (Fsp3) is 1.00.